The SMILES string of the molecule is COC(=O)C1=C2CCCCC[C@H](CC1=O)C2(C)C. The molecule has 3 heteroatoms. The molecule has 3 nitrogen and oxygen atoms in total. The molecular formula is C15H22O3. The number of ketones is 1. The van der Waals surface area contributed by atoms with Crippen LogP contribution in [0.2, 0.25) is 0 Å². The van der Waals surface area contributed by atoms with Crippen LogP contribution in [-0.4, -0.2) is 18.9 Å². The molecule has 100 valence electrons. The number of carbonyl (C=O) groups excluding carboxylic acids is 2. The third-order valence-electron chi connectivity index (χ3n) is 4.68. The van der Waals surface area contributed by atoms with Gasteiger partial charge < -0.3 is 4.74 Å². The van der Waals surface area contributed by atoms with Crippen molar-refractivity contribution in [3.63, 3.8) is 0 Å². The van der Waals surface area contributed by atoms with Crippen LogP contribution in [0.25, 0.3) is 0 Å². The molecule has 0 unspecified atom stereocenters. The molecule has 18 heavy (non-hydrogen) atoms. The third-order valence-corrected chi connectivity index (χ3v) is 4.68. The summed E-state index contributed by atoms with van der Waals surface area (Å²) in [4.78, 5) is 24.1. The lowest BCUT2D eigenvalue weighted by atomic mass is 9.61. The molecule has 0 aromatic rings. The Balaban J connectivity index is 2.51. The standard InChI is InChI=1S/C15H22O3/c1-15(2)10-7-5-4-6-8-11(15)13(12(16)9-10)14(17)18-3/h10H,4-9H2,1-3H3/t10-/m1/s1. The van der Waals surface area contributed by atoms with Crippen molar-refractivity contribution < 1.29 is 14.3 Å². The zero-order valence-electron chi connectivity index (χ0n) is 11.5. The number of ether oxygens (including phenoxy) is 1. The summed E-state index contributed by atoms with van der Waals surface area (Å²) in [7, 11) is 1.35. The summed E-state index contributed by atoms with van der Waals surface area (Å²) in [6.45, 7) is 4.35. The summed E-state index contributed by atoms with van der Waals surface area (Å²) in [5.74, 6) is -0.0705. The maximum Gasteiger partial charge on any atom is 0.341 e. The van der Waals surface area contributed by atoms with Crippen molar-refractivity contribution in [2.45, 2.75) is 52.4 Å². The molecule has 0 aliphatic heterocycles. The Hall–Kier alpha value is -1.12. The molecule has 0 heterocycles. The topological polar surface area (TPSA) is 43.4 Å². The first-order valence-corrected chi connectivity index (χ1v) is 6.83. The molecule has 0 amide bonds. The molecule has 0 aromatic carbocycles. The average molecular weight is 250 g/mol. The Morgan fingerprint density at radius 1 is 1.28 bits per heavy atom. The van der Waals surface area contributed by atoms with Gasteiger partial charge in [-0.2, -0.15) is 0 Å². The van der Waals surface area contributed by atoms with Gasteiger partial charge in [0.25, 0.3) is 0 Å². The third kappa shape index (κ3) is 2.11. The fraction of sp³-hybridized carbons (Fsp3) is 0.733. The van der Waals surface area contributed by atoms with Gasteiger partial charge in [0.2, 0.25) is 0 Å². The summed E-state index contributed by atoms with van der Waals surface area (Å²) in [5.41, 5.74) is 1.34. The van der Waals surface area contributed by atoms with Crippen LogP contribution in [0.4, 0.5) is 0 Å². The molecule has 2 bridgehead atoms. The van der Waals surface area contributed by atoms with E-state index in [1.165, 1.54) is 20.0 Å². The predicted octanol–water partition coefficient (Wildman–Crippen LogP) is 3.04. The fourth-order valence-electron chi connectivity index (χ4n) is 3.44. The van der Waals surface area contributed by atoms with Gasteiger partial charge in [0.1, 0.15) is 5.57 Å². The van der Waals surface area contributed by atoms with Crippen LogP contribution in [0.1, 0.15) is 52.4 Å². The highest BCUT2D eigenvalue weighted by molar-refractivity contribution is 6.18. The van der Waals surface area contributed by atoms with Crippen molar-refractivity contribution >= 4 is 11.8 Å². The van der Waals surface area contributed by atoms with Crippen LogP contribution in [0, 0.1) is 11.3 Å². The Labute approximate surface area is 109 Å². The molecule has 0 spiro atoms. The van der Waals surface area contributed by atoms with E-state index in [9.17, 15) is 9.59 Å². The zero-order chi connectivity index (χ0) is 13.3. The number of carbonyl (C=O) groups is 2. The minimum absolute atomic E-state index is 0.0110. The second-order valence-corrected chi connectivity index (χ2v) is 5.99. The van der Waals surface area contributed by atoms with E-state index in [-0.39, 0.29) is 11.2 Å². The van der Waals surface area contributed by atoms with Crippen molar-refractivity contribution in [1.82, 2.24) is 0 Å². The molecule has 2 rings (SSSR count). The van der Waals surface area contributed by atoms with Crippen molar-refractivity contribution in [3.8, 4) is 0 Å². The highest BCUT2D eigenvalue weighted by Gasteiger charge is 2.44. The monoisotopic (exact) mass is 250 g/mol. The highest BCUT2D eigenvalue weighted by Crippen LogP contribution is 2.49. The minimum Gasteiger partial charge on any atom is -0.465 e. The predicted molar refractivity (Wildman–Crippen MR) is 69.0 cm³/mol. The Bertz CT molecular complexity index is 404. The number of esters is 1. The molecule has 2 aliphatic rings. The molecule has 0 aromatic heterocycles. The summed E-state index contributed by atoms with van der Waals surface area (Å²) >= 11 is 0. The van der Waals surface area contributed by atoms with E-state index in [0.29, 0.717) is 17.9 Å². The molecular weight excluding hydrogens is 228 g/mol. The number of fused-ring (bicyclic) bond motifs is 2. The molecule has 0 N–H and O–H groups in total. The van der Waals surface area contributed by atoms with Crippen molar-refractivity contribution in [2.75, 3.05) is 7.11 Å². The number of hydrogen-bond acceptors (Lipinski definition) is 3. The number of hydrogen-bond donors (Lipinski definition) is 0. The first kappa shape index (κ1) is 13.3. The first-order chi connectivity index (χ1) is 8.48. The van der Waals surface area contributed by atoms with Gasteiger partial charge in [-0.3, -0.25) is 4.79 Å². The zero-order valence-corrected chi connectivity index (χ0v) is 11.5. The molecule has 2 aliphatic carbocycles. The van der Waals surface area contributed by atoms with Gasteiger partial charge in [-0.05, 0) is 36.2 Å². The van der Waals surface area contributed by atoms with Crippen LogP contribution < -0.4 is 0 Å². The maximum absolute atomic E-state index is 12.2. The van der Waals surface area contributed by atoms with Crippen molar-refractivity contribution in [2.24, 2.45) is 11.3 Å². The number of methoxy groups -OCH3 is 1. The molecule has 1 saturated carbocycles. The second kappa shape index (κ2) is 4.87. The first-order valence-electron chi connectivity index (χ1n) is 6.83. The van der Waals surface area contributed by atoms with Gasteiger partial charge in [-0.15, -0.1) is 0 Å². The smallest absolute Gasteiger partial charge is 0.341 e. The van der Waals surface area contributed by atoms with E-state index >= 15 is 0 Å². The van der Waals surface area contributed by atoms with Crippen LogP contribution in [0.15, 0.2) is 11.1 Å². The maximum atomic E-state index is 12.2. The van der Waals surface area contributed by atoms with Crippen molar-refractivity contribution in [1.29, 1.82) is 0 Å². The number of allylic oxidation sites excluding steroid dienone is 1. The molecule has 0 radical (unpaired) electrons. The quantitative estimate of drug-likeness (QED) is 0.530. The van der Waals surface area contributed by atoms with Gasteiger partial charge in [0.05, 0.1) is 7.11 Å². The summed E-state index contributed by atoms with van der Waals surface area (Å²) < 4.78 is 4.80. The summed E-state index contributed by atoms with van der Waals surface area (Å²) in [6, 6.07) is 0. The fourth-order valence-corrected chi connectivity index (χ4v) is 3.44. The minimum atomic E-state index is -0.443. The van der Waals surface area contributed by atoms with Gasteiger partial charge in [0.15, 0.2) is 5.78 Å². The van der Waals surface area contributed by atoms with Crippen LogP contribution >= 0.6 is 0 Å². The Kier molecular flexibility index (Phi) is 3.60. The van der Waals surface area contributed by atoms with Gasteiger partial charge in [-0.1, -0.05) is 26.7 Å². The highest BCUT2D eigenvalue weighted by atomic mass is 16.5. The Morgan fingerprint density at radius 2 is 2.00 bits per heavy atom. The van der Waals surface area contributed by atoms with Crippen molar-refractivity contribution in [3.05, 3.63) is 11.1 Å². The normalized spacial score (nSPS) is 27.5. The van der Waals surface area contributed by atoms with Gasteiger partial charge in [0, 0.05) is 6.42 Å². The molecule has 1 atom stereocenters. The van der Waals surface area contributed by atoms with Crippen LogP contribution in [0.5, 0.6) is 0 Å². The van der Waals surface area contributed by atoms with Crippen LogP contribution in [-0.2, 0) is 14.3 Å². The molecule has 0 saturated heterocycles. The largest absolute Gasteiger partial charge is 0.465 e. The average Bonchev–Trinajstić information content (AvgIpc) is 2.32. The van der Waals surface area contributed by atoms with E-state index in [1.54, 1.807) is 0 Å². The van der Waals surface area contributed by atoms with E-state index in [4.69, 9.17) is 4.74 Å². The summed E-state index contributed by atoms with van der Waals surface area (Å²) in [6.07, 6.45) is 5.91. The Morgan fingerprint density at radius 3 is 2.67 bits per heavy atom. The van der Waals surface area contributed by atoms with Gasteiger partial charge >= 0.3 is 5.97 Å². The van der Waals surface area contributed by atoms with Crippen LogP contribution in [0.3, 0.4) is 0 Å². The lowest BCUT2D eigenvalue weighted by Crippen LogP contribution is -2.38. The van der Waals surface area contributed by atoms with E-state index in [1.807, 2.05) is 0 Å². The molecule has 1 fully saturated rings. The van der Waals surface area contributed by atoms with E-state index < -0.39 is 5.97 Å². The van der Waals surface area contributed by atoms with Gasteiger partial charge in [-0.25, -0.2) is 4.79 Å². The number of rotatable bonds is 1. The van der Waals surface area contributed by atoms with E-state index in [0.717, 1.165) is 24.8 Å². The lowest BCUT2D eigenvalue weighted by Gasteiger charge is -2.42. The second-order valence-electron chi connectivity index (χ2n) is 5.99. The summed E-state index contributed by atoms with van der Waals surface area (Å²) in [5, 5.41) is 0. The lowest BCUT2D eigenvalue weighted by molar-refractivity contribution is -0.138. The number of Topliss-reactive ketones (excluding diaryl/α,β-unsaturated/α-hetero) is 1. The van der Waals surface area contributed by atoms with E-state index in [2.05, 4.69) is 13.8 Å².